The number of hydrogen-bond acceptors (Lipinski definition) is 4. The lowest BCUT2D eigenvalue weighted by Gasteiger charge is -2.33. The fourth-order valence-corrected chi connectivity index (χ4v) is 1.76. The van der Waals surface area contributed by atoms with Crippen molar-refractivity contribution in [1.82, 2.24) is 14.9 Å². The SMILES string of the molecule is Cc1nc(N2CCN(C)CC2)cc(=O)[nH]1. The van der Waals surface area contributed by atoms with E-state index < -0.39 is 0 Å². The second-order valence-electron chi connectivity index (χ2n) is 3.98. The lowest BCUT2D eigenvalue weighted by molar-refractivity contribution is 0.312. The van der Waals surface area contributed by atoms with Crippen molar-refractivity contribution in [2.45, 2.75) is 6.92 Å². The smallest absolute Gasteiger partial charge is 0.252 e. The van der Waals surface area contributed by atoms with Gasteiger partial charge in [0.15, 0.2) is 0 Å². The molecule has 1 aliphatic rings. The Morgan fingerprint density at radius 2 is 2.00 bits per heavy atom. The van der Waals surface area contributed by atoms with Gasteiger partial charge >= 0.3 is 0 Å². The van der Waals surface area contributed by atoms with Crippen LogP contribution in [-0.2, 0) is 0 Å². The number of nitrogens with one attached hydrogen (secondary N) is 1. The molecule has 2 rings (SSSR count). The highest BCUT2D eigenvalue weighted by Gasteiger charge is 2.15. The first-order valence-electron chi connectivity index (χ1n) is 5.16. The lowest BCUT2D eigenvalue weighted by Crippen LogP contribution is -2.45. The molecule has 2 heterocycles. The van der Waals surface area contributed by atoms with E-state index in [1.54, 1.807) is 13.0 Å². The van der Waals surface area contributed by atoms with E-state index in [-0.39, 0.29) is 5.56 Å². The largest absolute Gasteiger partial charge is 0.354 e. The Labute approximate surface area is 88.7 Å². The summed E-state index contributed by atoms with van der Waals surface area (Å²) in [6.45, 7) is 5.72. The average molecular weight is 208 g/mol. The molecular weight excluding hydrogens is 192 g/mol. The highest BCUT2D eigenvalue weighted by molar-refractivity contribution is 5.37. The number of anilines is 1. The van der Waals surface area contributed by atoms with Crippen LogP contribution in [0.1, 0.15) is 5.82 Å². The van der Waals surface area contributed by atoms with Crippen LogP contribution in [0.15, 0.2) is 10.9 Å². The number of likely N-dealkylation sites (N-methyl/N-ethyl adjacent to an activating group) is 1. The van der Waals surface area contributed by atoms with Crippen molar-refractivity contribution in [2.24, 2.45) is 0 Å². The molecule has 1 aromatic rings. The predicted octanol–water partition coefficient (Wildman–Crippen LogP) is -0.170. The third kappa shape index (κ3) is 2.36. The van der Waals surface area contributed by atoms with Gasteiger partial charge in [0.25, 0.3) is 5.56 Å². The second-order valence-corrected chi connectivity index (χ2v) is 3.98. The van der Waals surface area contributed by atoms with Gasteiger partial charge in [0, 0.05) is 32.2 Å². The molecule has 0 unspecified atom stereocenters. The molecular formula is C10H16N4O. The number of aryl methyl sites for hydroxylation is 1. The van der Waals surface area contributed by atoms with E-state index in [0.717, 1.165) is 32.0 Å². The van der Waals surface area contributed by atoms with Crippen molar-refractivity contribution in [2.75, 3.05) is 38.1 Å². The predicted molar refractivity (Wildman–Crippen MR) is 59.3 cm³/mol. The molecule has 1 aliphatic heterocycles. The Morgan fingerprint density at radius 1 is 1.33 bits per heavy atom. The Hall–Kier alpha value is -1.36. The summed E-state index contributed by atoms with van der Waals surface area (Å²) >= 11 is 0. The summed E-state index contributed by atoms with van der Waals surface area (Å²) in [5, 5.41) is 0. The van der Waals surface area contributed by atoms with Gasteiger partial charge in [-0.1, -0.05) is 0 Å². The summed E-state index contributed by atoms with van der Waals surface area (Å²) in [5.41, 5.74) is -0.0728. The maximum Gasteiger partial charge on any atom is 0.252 e. The minimum Gasteiger partial charge on any atom is -0.354 e. The topological polar surface area (TPSA) is 52.2 Å². The zero-order valence-corrected chi connectivity index (χ0v) is 9.16. The molecule has 0 radical (unpaired) electrons. The number of rotatable bonds is 1. The molecule has 1 aromatic heterocycles. The standard InChI is InChI=1S/C10H16N4O/c1-8-11-9(7-10(15)12-8)14-5-3-13(2)4-6-14/h7H,3-6H2,1-2H3,(H,11,12,15). The van der Waals surface area contributed by atoms with Crippen LogP contribution in [0.5, 0.6) is 0 Å². The van der Waals surface area contributed by atoms with Gasteiger partial charge in [0.05, 0.1) is 0 Å². The third-order valence-electron chi connectivity index (χ3n) is 2.67. The van der Waals surface area contributed by atoms with Crippen LogP contribution in [0, 0.1) is 6.92 Å². The third-order valence-corrected chi connectivity index (χ3v) is 2.67. The maximum absolute atomic E-state index is 11.3. The number of piperazine rings is 1. The van der Waals surface area contributed by atoms with Gasteiger partial charge in [-0.15, -0.1) is 0 Å². The molecule has 0 atom stereocenters. The Morgan fingerprint density at radius 3 is 2.60 bits per heavy atom. The first kappa shape index (κ1) is 10.2. The first-order valence-corrected chi connectivity index (χ1v) is 5.16. The van der Waals surface area contributed by atoms with Crippen LogP contribution in [0.2, 0.25) is 0 Å². The van der Waals surface area contributed by atoms with E-state index in [1.165, 1.54) is 0 Å². The van der Waals surface area contributed by atoms with Gasteiger partial charge in [0.1, 0.15) is 11.6 Å². The van der Waals surface area contributed by atoms with Crippen LogP contribution in [0.25, 0.3) is 0 Å². The van der Waals surface area contributed by atoms with Gasteiger partial charge in [-0.2, -0.15) is 0 Å². The van der Waals surface area contributed by atoms with Gasteiger partial charge < -0.3 is 14.8 Å². The number of nitrogens with zero attached hydrogens (tertiary/aromatic N) is 3. The summed E-state index contributed by atoms with van der Waals surface area (Å²) in [4.78, 5) is 22.7. The zero-order valence-electron chi connectivity index (χ0n) is 9.16. The molecule has 0 aromatic carbocycles. The number of hydrogen-bond donors (Lipinski definition) is 1. The fourth-order valence-electron chi connectivity index (χ4n) is 1.76. The van der Waals surface area contributed by atoms with Gasteiger partial charge in [-0.05, 0) is 14.0 Å². The normalized spacial score (nSPS) is 18.1. The van der Waals surface area contributed by atoms with Crippen LogP contribution < -0.4 is 10.5 Å². The van der Waals surface area contributed by atoms with E-state index in [2.05, 4.69) is 26.8 Å². The molecule has 0 amide bonds. The first-order chi connectivity index (χ1) is 7.15. The quantitative estimate of drug-likeness (QED) is 0.696. The molecule has 5 heteroatoms. The van der Waals surface area contributed by atoms with Crippen LogP contribution in [0.4, 0.5) is 5.82 Å². The van der Waals surface area contributed by atoms with Crippen LogP contribution in [-0.4, -0.2) is 48.1 Å². The summed E-state index contributed by atoms with van der Waals surface area (Å²) < 4.78 is 0. The minimum atomic E-state index is -0.0728. The molecule has 0 saturated carbocycles. The monoisotopic (exact) mass is 208 g/mol. The molecule has 0 aliphatic carbocycles. The van der Waals surface area contributed by atoms with E-state index in [0.29, 0.717) is 5.82 Å². The minimum absolute atomic E-state index is 0.0728. The fraction of sp³-hybridized carbons (Fsp3) is 0.600. The zero-order chi connectivity index (χ0) is 10.8. The molecule has 15 heavy (non-hydrogen) atoms. The number of H-pyrrole nitrogens is 1. The Balaban J connectivity index is 2.19. The summed E-state index contributed by atoms with van der Waals surface area (Å²) in [6, 6.07) is 1.57. The van der Waals surface area contributed by atoms with E-state index in [9.17, 15) is 4.79 Å². The molecule has 82 valence electrons. The molecule has 0 spiro atoms. The number of aromatic nitrogens is 2. The summed E-state index contributed by atoms with van der Waals surface area (Å²) in [6.07, 6.45) is 0. The van der Waals surface area contributed by atoms with Crippen molar-refractivity contribution in [3.05, 3.63) is 22.2 Å². The molecule has 1 N–H and O–H groups in total. The van der Waals surface area contributed by atoms with Crippen molar-refractivity contribution in [3.63, 3.8) is 0 Å². The van der Waals surface area contributed by atoms with Gasteiger partial charge in [-0.3, -0.25) is 4.79 Å². The van der Waals surface area contributed by atoms with Gasteiger partial charge in [0.2, 0.25) is 0 Å². The van der Waals surface area contributed by atoms with Crippen molar-refractivity contribution < 1.29 is 0 Å². The molecule has 1 fully saturated rings. The Bertz CT molecular complexity index is 393. The maximum atomic E-state index is 11.3. The van der Waals surface area contributed by atoms with Crippen LogP contribution >= 0.6 is 0 Å². The van der Waals surface area contributed by atoms with E-state index in [4.69, 9.17) is 0 Å². The Kier molecular flexibility index (Phi) is 2.73. The second kappa shape index (κ2) is 4.02. The lowest BCUT2D eigenvalue weighted by atomic mass is 10.3. The van der Waals surface area contributed by atoms with Crippen molar-refractivity contribution in [1.29, 1.82) is 0 Å². The van der Waals surface area contributed by atoms with E-state index in [1.807, 2.05) is 0 Å². The van der Waals surface area contributed by atoms with Crippen molar-refractivity contribution in [3.8, 4) is 0 Å². The van der Waals surface area contributed by atoms with Crippen LogP contribution in [0.3, 0.4) is 0 Å². The summed E-state index contributed by atoms with van der Waals surface area (Å²) in [5.74, 6) is 1.47. The van der Waals surface area contributed by atoms with Crippen molar-refractivity contribution >= 4 is 5.82 Å². The molecule has 5 nitrogen and oxygen atoms in total. The molecule has 0 bridgehead atoms. The van der Waals surface area contributed by atoms with E-state index >= 15 is 0 Å². The molecule has 1 saturated heterocycles. The highest BCUT2D eigenvalue weighted by Crippen LogP contribution is 2.10. The number of aromatic amines is 1. The summed E-state index contributed by atoms with van der Waals surface area (Å²) in [7, 11) is 2.10. The van der Waals surface area contributed by atoms with Gasteiger partial charge in [-0.25, -0.2) is 4.98 Å². The average Bonchev–Trinajstić information content (AvgIpc) is 2.17. The highest BCUT2D eigenvalue weighted by atomic mass is 16.1.